The van der Waals surface area contributed by atoms with Crippen molar-refractivity contribution in [1.29, 1.82) is 0 Å². The highest BCUT2D eigenvalue weighted by atomic mass is 16.2. The number of nitrogens with one attached hydrogen (secondary N) is 1. The van der Waals surface area contributed by atoms with E-state index in [1.807, 2.05) is 17.0 Å². The van der Waals surface area contributed by atoms with Crippen molar-refractivity contribution in [2.75, 3.05) is 11.4 Å². The first-order chi connectivity index (χ1) is 9.16. The number of hydrogen-bond acceptors (Lipinski definition) is 2. The zero-order valence-corrected chi connectivity index (χ0v) is 11.7. The van der Waals surface area contributed by atoms with Gasteiger partial charge in [-0.15, -0.1) is 0 Å². The van der Waals surface area contributed by atoms with Crippen LogP contribution in [0.25, 0.3) is 0 Å². The van der Waals surface area contributed by atoms with Crippen LogP contribution in [-0.4, -0.2) is 18.5 Å². The molecule has 1 aromatic carbocycles. The van der Waals surface area contributed by atoms with Crippen LogP contribution in [-0.2, 0) is 11.3 Å². The number of fused-ring (bicyclic) bond motifs is 1. The fourth-order valence-corrected chi connectivity index (χ4v) is 2.90. The molecule has 2 aliphatic rings. The van der Waals surface area contributed by atoms with E-state index < -0.39 is 0 Å². The van der Waals surface area contributed by atoms with Gasteiger partial charge in [0.2, 0.25) is 5.91 Å². The SMILES string of the molecule is CC1CN(C(=O)C(C)C2CC2)c2ccccc2CN1. The molecule has 2 unspecified atom stereocenters. The Morgan fingerprint density at radius 1 is 1.37 bits per heavy atom. The molecule has 3 rings (SSSR count). The van der Waals surface area contributed by atoms with Crippen molar-refractivity contribution in [2.45, 2.75) is 39.3 Å². The molecule has 0 bridgehead atoms. The standard InChI is InChI=1S/C16H22N2O/c1-11-10-18(16(19)12(2)13-7-8-13)15-6-4-3-5-14(15)9-17-11/h3-6,11-13,17H,7-10H2,1-2H3. The zero-order valence-electron chi connectivity index (χ0n) is 11.7. The topological polar surface area (TPSA) is 32.3 Å². The molecule has 1 saturated carbocycles. The van der Waals surface area contributed by atoms with E-state index in [1.165, 1.54) is 18.4 Å². The van der Waals surface area contributed by atoms with Gasteiger partial charge in [0.25, 0.3) is 0 Å². The minimum Gasteiger partial charge on any atom is -0.310 e. The Morgan fingerprint density at radius 3 is 2.84 bits per heavy atom. The van der Waals surface area contributed by atoms with Crippen molar-refractivity contribution in [2.24, 2.45) is 11.8 Å². The third-order valence-corrected chi connectivity index (χ3v) is 4.36. The molecule has 19 heavy (non-hydrogen) atoms. The number of para-hydroxylation sites is 1. The molecular formula is C16H22N2O. The number of anilines is 1. The Morgan fingerprint density at radius 2 is 2.11 bits per heavy atom. The van der Waals surface area contributed by atoms with Crippen LogP contribution < -0.4 is 10.2 Å². The maximum Gasteiger partial charge on any atom is 0.230 e. The molecule has 1 aliphatic carbocycles. The molecule has 1 aromatic rings. The number of benzene rings is 1. The molecule has 1 N–H and O–H groups in total. The quantitative estimate of drug-likeness (QED) is 0.884. The van der Waals surface area contributed by atoms with Gasteiger partial charge in [0, 0.05) is 30.7 Å². The van der Waals surface area contributed by atoms with E-state index >= 15 is 0 Å². The lowest BCUT2D eigenvalue weighted by atomic mass is 10.0. The van der Waals surface area contributed by atoms with Crippen LogP contribution in [0.4, 0.5) is 5.69 Å². The third-order valence-electron chi connectivity index (χ3n) is 4.36. The average Bonchev–Trinajstić information content (AvgIpc) is 3.25. The van der Waals surface area contributed by atoms with Crippen molar-refractivity contribution in [3.8, 4) is 0 Å². The van der Waals surface area contributed by atoms with Crippen molar-refractivity contribution in [1.82, 2.24) is 5.32 Å². The molecule has 1 heterocycles. The Bertz CT molecular complexity index is 481. The first-order valence-electron chi connectivity index (χ1n) is 7.29. The first kappa shape index (κ1) is 12.7. The molecule has 0 radical (unpaired) electrons. The third kappa shape index (κ3) is 2.52. The molecule has 1 fully saturated rings. The lowest BCUT2D eigenvalue weighted by Crippen LogP contribution is -2.42. The molecule has 102 valence electrons. The van der Waals surface area contributed by atoms with Gasteiger partial charge < -0.3 is 10.2 Å². The van der Waals surface area contributed by atoms with Gasteiger partial charge >= 0.3 is 0 Å². The summed E-state index contributed by atoms with van der Waals surface area (Å²) in [5.74, 6) is 1.08. The van der Waals surface area contributed by atoms with Gasteiger partial charge in [0.05, 0.1) is 0 Å². The minimum atomic E-state index is 0.165. The zero-order chi connectivity index (χ0) is 13.4. The highest BCUT2D eigenvalue weighted by molar-refractivity contribution is 5.96. The van der Waals surface area contributed by atoms with Gasteiger partial charge in [-0.1, -0.05) is 25.1 Å². The van der Waals surface area contributed by atoms with E-state index in [1.54, 1.807) is 0 Å². The molecule has 0 saturated heterocycles. The maximum absolute atomic E-state index is 12.7. The van der Waals surface area contributed by atoms with Crippen LogP contribution >= 0.6 is 0 Å². The van der Waals surface area contributed by atoms with Crippen LogP contribution in [0.2, 0.25) is 0 Å². The molecule has 3 nitrogen and oxygen atoms in total. The molecule has 1 aliphatic heterocycles. The largest absolute Gasteiger partial charge is 0.310 e. The van der Waals surface area contributed by atoms with Crippen LogP contribution in [0.1, 0.15) is 32.3 Å². The number of nitrogens with zero attached hydrogens (tertiary/aromatic N) is 1. The Labute approximate surface area is 115 Å². The summed E-state index contributed by atoms with van der Waals surface area (Å²) in [7, 11) is 0. The molecule has 2 atom stereocenters. The van der Waals surface area contributed by atoms with Gasteiger partial charge in [-0.3, -0.25) is 4.79 Å². The van der Waals surface area contributed by atoms with Gasteiger partial charge in [-0.2, -0.15) is 0 Å². The van der Waals surface area contributed by atoms with Crippen molar-refractivity contribution < 1.29 is 4.79 Å². The predicted molar refractivity (Wildman–Crippen MR) is 77.0 cm³/mol. The second kappa shape index (κ2) is 4.97. The Balaban J connectivity index is 1.91. The smallest absolute Gasteiger partial charge is 0.230 e. The minimum absolute atomic E-state index is 0.165. The second-order valence-corrected chi connectivity index (χ2v) is 5.99. The summed E-state index contributed by atoms with van der Waals surface area (Å²) in [6.45, 7) is 5.85. The number of hydrogen-bond donors (Lipinski definition) is 1. The van der Waals surface area contributed by atoms with E-state index in [4.69, 9.17) is 0 Å². The van der Waals surface area contributed by atoms with Crippen LogP contribution in [0.3, 0.4) is 0 Å². The summed E-state index contributed by atoms with van der Waals surface area (Å²) >= 11 is 0. The Hall–Kier alpha value is -1.35. The number of carbonyl (C=O) groups is 1. The summed E-state index contributed by atoms with van der Waals surface area (Å²) in [5.41, 5.74) is 2.32. The molecular weight excluding hydrogens is 236 g/mol. The van der Waals surface area contributed by atoms with E-state index in [9.17, 15) is 4.79 Å². The monoisotopic (exact) mass is 258 g/mol. The lowest BCUT2D eigenvalue weighted by Gasteiger charge is -2.27. The Kier molecular flexibility index (Phi) is 3.31. The van der Waals surface area contributed by atoms with Crippen molar-refractivity contribution in [3.05, 3.63) is 29.8 Å². The highest BCUT2D eigenvalue weighted by Gasteiger charge is 2.36. The molecule has 0 aromatic heterocycles. The van der Waals surface area contributed by atoms with Gasteiger partial charge in [-0.05, 0) is 37.3 Å². The summed E-state index contributed by atoms with van der Waals surface area (Å²) < 4.78 is 0. The fourth-order valence-electron chi connectivity index (χ4n) is 2.90. The summed E-state index contributed by atoms with van der Waals surface area (Å²) in [4.78, 5) is 14.7. The van der Waals surface area contributed by atoms with E-state index in [0.717, 1.165) is 18.8 Å². The lowest BCUT2D eigenvalue weighted by molar-refractivity contribution is -0.122. The second-order valence-electron chi connectivity index (χ2n) is 5.99. The van der Waals surface area contributed by atoms with E-state index in [2.05, 4.69) is 31.3 Å². The summed E-state index contributed by atoms with van der Waals surface area (Å²) in [5, 5.41) is 3.48. The molecule has 1 amide bonds. The first-order valence-corrected chi connectivity index (χ1v) is 7.29. The number of amides is 1. The van der Waals surface area contributed by atoms with Crippen LogP contribution in [0, 0.1) is 11.8 Å². The van der Waals surface area contributed by atoms with E-state index in [-0.39, 0.29) is 5.92 Å². The summed E-state index contributed by atoms with van der Waals surface area (Å²) in [6.07, 6.45) is 2.44. The maximum atomic E-state index is 12.7. The van der Waals surface area contributed by atoms with Crippen molar-refractivity contribution >= 4 is 11.6 Å². The molecule has 0 spiro atoms. The van der Waals surface area contributed by atoms with Gasteiger partial charge in [-0.25, -0.2) is 0 Å². The van der Waals surface area contributed by atoms with Crippen LogP contribution in [0.15, 0.2) is 24.3 Å². The predicted octanol–water partition coefficient (Wildman–Crippen LogP) is 2.56. The van der Waals surface area contributed by atoms with Gasteiger partial charge in [0.15, 0.2) is 0 Å². The average molecular weight is 258 g/mol. The number of carbonyl (C=O) groups excluding carboxylic acids is 1. The fraction of sp³-hybridized carbons (Fsp3) is 0.562. The van der Waals surface area contributed by atoms with Crippen molar-refractivity contribution in [3.63, 3.8) is 0 Å². The number of rotatable bonds is 2. The van der Waals surface area contributed by atoms with Gasteiger partial charge in [0.1, 0.15) is 0 Å². The highest BCUT2D eigenvalue weighted by Crippen LogP contribution is 2.38. The molecule has 3 heteroatoms. The summed E-state index contributed by atoms with van der Waals surface area (Å²) in [6, 6.07) is 8.60. The van der Waals surface area contributed by atoms with Crippen LogP contribution in [0.5, 0.6) is 0 Å². The normalized spacial score (nSPS) is 24.5. The van der Waals surface area contributed by atoms with E-state index in [0.29, 0.717) is 17.9 Å².